The van der Waals surface area contributed by atoms with Crippen LogP contribution in [-0.4, -0.2) is 16.7 Å². The molecule has 0 unspecified atom stereocenters. The van der Waals surface area contributed by atoms with Gasteiger partial charge < -0.3 is 5.32 Å². The SMILES string of the molecule is Cc1cccc(N2C(=O)C(Nc3ccc(F)c(F)c3)=C(c3ccc([N+](=O)[O-])cc3)C2=O)c1C. The highest BCUT2D eigenvalue weighted by Gasteiger charge is 2.41. The Morgan fingerprint density at radius 3 is 2.24 bits per heavy atom. The van der Waals surface area contributed by atoms with Crippen LogP contribution in [0, 0.1) is 35.6 Å². The highest BCUT2D eigenvalue weighted by Crippen LogP contribution is 2.36. The van der Waals surface area contributed by atoms with E-state index >= 15 is 0 Å². The summed E-state index contributed by atoms with van der Waals surface area (Å²) in [6.45, 7) is 3.62. The molecule has 9 heteroatoms. The minimum Gasteiger partial charge on any atom is -0.350 e. The quantitative estimate of drug-likeness (QED) is 0.340. The number of nitro groups is 1. The van der Waals surface area contributed by atoms with Crippen LogP contribution >= 0.6 is 0 Å². The molecule has 3 aromatic rings. The lowest BCUT2D eigenvalue weighted by Gasteiger charge is -2.19. The zero-order valence-electron chi connectivity index (χ0n) is 17.6. The lowest BCUT2D eigenvalue weighted by atomic mass is 10.0. The second-order valence-corrected chi connectivity index (χ2v) is 7.47. The molecule has 0 aromatic heterocycles. The number of amides is 2. The highest BCUT2D eigenvalue weighted by molar-refractivity contribution is 6.46. The Labute approximate surface area is 187 Å². The summed E-state index contributed by atoms with van der Waals surface area (Å²) >= 11 is 0. The zero-order chi connectivity index (χ0) is 23.9. The van der Waals surface area contributed by atoms with Gasteiger partial charge in [0.2, 0.25) is 0 Å². The fourth-order valence-corrected chi connectivity index (χ4v) is 3.58. The Hall–Kier alpha value is -4.40. The number of carbonyl (C=O) groups excluding carboxylic acids is 2. The number of benzene rings is 3. The van der Waals surface area contributed by atoms with Crippen LogP contribution in [0.1, 0.15) is 16.7 Å². The van der Waals surface area contributed by atoms with Gasteiger partial charge in [-0.15, -0.1) is 0 Å². The number of aryl methyl sites for hydroxylation is 1. The highest BCUT2D eigenvalue weighted by atomic mass is 19.2. The van der Waals surface area contributed by atoms with Crippen LogP contribution in [0.2, 0.25) is 0 Å². The summed E-state index contributed by atoms with van der Waals surface area (Å²) in [6.07, 6.45) is 0. The fourth-order valence-electron chi connectivity index (χ4n) is 3.58. The summed E-state index contributed by atoms with van der Waals surface area (Å²) in [5, 5.41) is 13.7. The summed E-state index contributed by atoms with van der Waals surface area (Å²) < 4.78 is 27.1. The van der Waals surface area contributed by atoms with E-state index in [1.165, 1.54) is 30.3 Å². The van der Waals surface area contributed by atoms with E-state index in [4.69, 9.17) is 0 Å². The monoisotopic (exact) mass is 449 g/mol. The van der Waals surface area contributed by atoms with Crippen molar-refractivity contribution in [3.05, 3.63) is 105 Å². The number of hydrogen-bond acceptors (Lipinski definition) is 5. The van der Waals surface area contributed by atoms with Crippen molar-refractivity contribution in [3.63, 3.8) is 0 Å². The van der Waals surface area contributed by atoms with E-state index < -0.39 is 28.4 Å². The summed E-state index contributed by atoms with van der Waals surface area (Å²) in [4.78, 5) is 38.3. The maximum atomic E-state index is 13.7. The number of imide groups is 1. The number of carbonyl (C=O) groups is 2. The molecule has 4 rings (SSSR count). The number of nitrogens with zero attached hydrogens (tertiary/aromatic N) is 2. The fraction of sp³-hybridized carbons (Fsp3) is 0.0833. The molecule has 1 heterocycles. The summed E-state index contributed by atoms with van der Waals surface area (Å²) in [5.74, 6) is -3.52. The van der Waals surface area contributed by atoms with E-state index in [2.05, 4.69) is 5.32 Å². The molecule has 1 aliphatic rings. The van der Waals surface area contributed by atoms with Gasteiger partial charge in [-0.25, -0.2) is 13.7 Å². The van der Waals surface area contributed by atoms with Crippen molar-refractivity contribution in [1.29, 1.82) is 0 Å². The Bertz CT molecular complexity index is 1350. The van der Waals surface area contributed by atoms with Gasteiger partial charge in [-0.2, -0.15) is 0 Å². The first-order valence-corrected chi connectivity index (χ1v) is 9.85. The van der Waals surface area contributed by atoms with Crippen molar-refractivity contribution in [3.8, 4) is 0 Å². The van der Waals surface area contributed by atoms with Crippen LogP contribution in [0.3, 0.4) is 0 Å². The van der Waals surface area contributed by atoms with E-state index in [1.54, 1.807) is 19.1 Å². The molecule has 0 fully saturated rings. The average Bonchev–Trinajstić information content (AvgIpc) is 3.02. The van der Waals surface area contributed by atoms with E-state index in [-0.39, 0.29) is 28.2 Å². The van der Waals surface area contributed by atoms with Crippen molar-refractivity contribution < 1.29 is 23.3 Å². The van der Waals surface area contributed by atoms with Crippen LogP contribution in [-0.2, 0) is 9.59 Å². The third kappa shape index (κ3) is 3.84. The maximum Gasteiger partial charge on any atom is 0.282 e. The second-order valence-electron chi connectivity index (χ2n) is 7.47. The van der Waals surface area contributed by atoms with E-state index in [9.17, 15) is 28.5 Å². The molecule has 0 atom stereocenters. The van der Waals surface area contributed by atoms with Crippen LogP contribution < -0.4 is 10.2 Å². The molecule has 0 aliphatic carbocycles. The van der Waals surface area contributed by atoms with Gasteiger partial charge in [-0.05, 0) is 60.9 Å². The van der Waals surface area contributed by atoms with Gasteiger partial charge in [0.05, 0.1) is 16.2 Å². The molecule has 0 saturated carbocycles. The Balaban J connectivity index is 1.85. The molecule has 0 spiro atoms. The predicted molar refractivity (Wildman–Crippen MR) is 118 cm³/mol. The molecular formula is C24H17F2N3O4. The van der Waals surface area contributed by atoms with Gasteiger partial charge in [-0.1, -0.05) is 12.1 Å². The summed E-state index contributed by atoms with van der Waals surface area (Å²) in [6, 6.07) is 13.3. The van der Waals surface area contributed by atoms with Gasteiger partial charge in [0.25, 0.3) is 17.5 Å². The molecular weight excluding hydrogens is 432 g/mol. The summed E-state index contributed by atoms with van der Waals surface area (Å²) in [7, 11) is 0. The van der Waals surface area contributed by atoms with Crippen molar-refractivity contribution in [1.82, 2.24) is 0 Å². The van der Waals surface area contributed by atoms with Gasteiger partial charge in [0.15, 0.2) is 11.6 Å². The van der Waals surface area contributed by atoms with Crippen LogP contribution in [0.15, 0.2) is 66.4 Å². The van der Waals surface area contributed by atoms with E-state index in [0.717, 1.165) is 28.2 Å². The van der Waals surface area contributed by atoms with Crippen molar-refractivity contribution in [2.24, 2.45) is 0 Å². The number of hydrogen-bond donors (Lipinski definition) is 1. The molecule has 2 amide bonds. The average molecular weight is 449 g/mol. The lowest BCUT2D eigenvalue weighted by molar-refractivity contribution is -0.384. The minimum absolute atomic E-state index is 0.0412. The lowest BCUT2D eigenvalue weighted by Crippen LogP contribution is -2.33. The Kier molecular flexibility index (Phi) is 5.47. The number of halogens is 2. The number of nitrogens with one attached hydrogen (secondary N) is 1. The second kappa shape index (κ2) is 8.27. The molecule has 1 N–H and O–H groups in total. The normalized spacial score (nSPS) is 13.6. The standard InChI is InChI=1S/C24H17F2N3O4/c1-13-4-3-5-20(14(13)2)28-23(30)21(15-6-9-17(10-7-15)29(32)33)22(24(28)31)27-16-8-11-18(25)19(26)12-16/h3-12,27H,1-2H3. The van der Waals surface area contributed by atoms with E-state index in [0.29, 0.717) is 5.69 Å². The first-order chi connectivity index (χ1) is 15.7. The van der Waals surface area contributed by atoms with Gasteiger partial charge in [-0.3, -0.25) is 19.7 Å². The van der Waals surface area contributed by atoms with Gasteiger partial charge >= 0.3 is 0 Å². The summed E-state index contributed by atoms with van der Waals surface area (Å²) in [5.41, 5.74) is 1.91. The molecule has 1 aliphatic heterocycles. The Morgan fingerprint density at radius 2 is 1.61 bits per heavy atom. The smallest absolute Gasteiger partial charge is 0.282 e. The van der Waals surface area contributed by atoms with Crippen molar-refractivity contribution in [2.75, 3.05) is 10.2 Å². The molecule has 0 saturated heterocycles. The molecule has 7 nitrogen and oxygen atoms in total. The molecule has 0 bridgehead atoms. The number of rotatable bonds is 5. The molecule has 3 aromatic carbocycles. The Morgan fingerprint density at radius 1 is 0.909 bits per heavy atom. The topological polar surface area (TPSA) is 92.6 Å². The van der Waals surface area contributed by atoms with E-state index in [1.807, 2.05) is 13.0 Å². The largest absolute Gasteiger partial charge is 0.350 e. The van der Waals surface area contributed by atoms with Crippen LogP contribution in [0.4, 0.5) is 25.8 Å². The van der Waals surface area contributed by atoms with Gasteiger partial charge in [0, 0.05) is 23.9 Å². The maximum absolute atomic E-state index is 13.7. The first kappa shape index (κ1) is 21.8. The van der Waals surface area contributed by atoms with Crippen molar-refractivity contribution >= 4 is 34.4 Å². The zero-order valence-corrected chi connectivity index (χ0v) is 17.6. The van der Waals surface area contributed by atoms with Crippen LogP contribution in [0.25, 0.3) is 5.57 Å². The minimum atomic E-state index is -1.12. The third-order valence-corrected chi connectivity index (χ3v) is 5.46. The molecule has 166 valence electrons. The van der Waals surface area contributed by atoms with Gasteiger partial charge in [0.1, 0.15) is 5.70 Å². The molecule has 0 radical (unpaired) electrons. The number of nitro benzene ring substituents is 1. The first-order valence-electron chi connectivity index (χ1n) is 9.85. The van der Waals surface area contributed by atoms with Crippen LogP contribution in [0.5, 0.6) is 0 Å². The third-order valence-electron chi connectivity index (χ3n) is 5.46. The molecule has 33 heavy (non-hydrogen) atoms. The van der Waals surface area contributed by atoms with Crippen molar-refractivity contribution in [2.45, 2.75) is 13.8 Å². The predicted octanol–water partition coefficient (Wildman–Crippen LogP) is 4.89. The number of anilines is 2. The number of non-ortho nitro benzene ring substituents is 1.